The van der Waals surface area contributed by atoms with Crippen LogP contribution in [0.3, 0.4) is 0 Å². The summed E-state index contributed by atoms with van der Waals surface area (Å²) in [5, 5.41) is 4.83. The smallest absolute Gasteiger partial charge is 0.241 e. The zero-order valence-electron chi connectivity index (χ0n) is 11.2. The molecule has 20 heavy (non-hydrogen) atoms. The molecule has 0 bridgehead atoms. The van der Waals surface area contributed by atoms with Gasteiger partial charge in [-0.15, -0.1) is 11.3 Å². The van der Waals surface area contributed by atoms with Crippen LogP contribution >= 0.6 is 11.3 Å². The van der Waals surface area contributed by atoms with E-state index < -0.39 is 10.0 Å². The zero-order valence-corrected chi connectivity index (χ0v) is 12.8. The van der Waals surface area contributed by atoms with Gasteiger partial charge in [-0.05, 0) is 24.7 Å². The van der Waals surface area contributed by atoms with E-state index in [0.717, 1.165) is 11.4 Å². The van der Waals surface area contributed by atoms with E-state index in [9.17, 15) is 8.42 Å². The summed E-state index contributed by atoms with van der Waals surface area (Å²) in [6, 6.07) is 7.11. The van der Waals surface area contributed by atoms with Crippen LogP contribution in [-0.2, 0) is 23.1 Å². The van der Waals surface area contributed by atoms with E-state index in [1.807, 2.05) is 13.0 Å². The van der Waals surface area contributed by atoms with E-state index in [4.69, 9.17) is 0 Å². The summed E-state index contributed by atoms with van der Waals surface area (Å²) in [6.45, 7) is 3.76. The Kier molecular flexibility index (Phi) is 5.24. The quantitative estimate of drug-likeness (QED) is 0.817. The molecule has 5 nitrogen and oxygen atoms in total. The lowest BCUT2D eigenvalue weighted by Gasteiger charge is -2.04. The number of hydrogen-bond acceptors (Lipinski definition) is 5. The summed E-state index contributed by atoms with van der Waals surface area (Å²) in [5.41, 5.74) is 0.694. The van der Waals surface area contributed by atoms with Crippen molar-refractivity contribution in [1.82, 2.24) is 15.0 Å². The van der Waals surface area contributed by atoms with Gasteiger partial charge in [0.05, 0.1) is 17.1 Å². The SMILES string of the molecule is CCNCc1cc(S(=O)(=O)NCc2ccccn2)cs1. The fraction of sp³-hybridized carbons (Fsp3) is 0.308. The van der Waals surface area contributed by atoms with Gasteiger partial charge in [0.15, 0.2) is 0 Å². The third-order valence-electron chi connectivity index (χ3n) is 2.66. The minimum Gasteiger partial charge on any atom is -0.312 e. The van der Waals surface area contributed by atoms with Gasteiger partial charge in [0.2, 0.25) is 10.0 Å². The number of sulfonamides is 1. The highest BCUT2D eigenvalue weighted by atomic mass is 32.2. The van der Waals surface area contributed by atoms with Crippen molar-refractivity contribution in [1.29, 1.82) is 0 Å². The molecule has 0 saturated carbocycles. The standard InChI is InChI=1S/C13H17N3O2S2/c1-2-14-9-12-7-13(10-19-12)20(17,18)16-8-11-5-3-4-6-15-11/h3-7,10,14,16H,2,8-9H2,1H3. The number of hydrogen-bond donors (Lipinski definition) is 2. The fourth-order valence-corrected chi connectivity index (χ4v) is 3.84. The van der Waals surface area contributed by atoms with Crippen LogP contribution in [0, 0.1) is 0 Å². The minimum atomic E-state index is -3.47. The van der Waals surface area contributed by atoms with E-state index in [0.29, 0.717) is 17.1 Å². The first-order chi connectivity index (χ1) is 9.62. The second-order valence-electron chi connectivity index (χ2n) is 4.17. The second-order valence-corrected chi connectivity index (χ2v) is 6.94. The molecule has 0 fully saturated rings. The van der Waals surface area contributed by atoms with E-state index in [-0.39, 0.29) is 6.54 Å². The van der Waals surface area contributed by atoms with Gasteiger partial charge in [0, 0.05) is 23.0 Å². The summed E-state index contributed by atoms with van der Waals surface area (Å²) in [6.07, 6.45) is 1.64. The Morgan fingerprint density at radius 1 is 1.30 bits per heavy atom. The highest BCUT2D eigenvalue weighted by Gasteiger charge is 2.15. The van der Waals surface area contributed by atoms with Crippen molar-refractivity contribution >= 4 is 21.4 Å². The van der Waals surface area contributed by atoms with Crippen LogP contribution in [0.15, 0.2) is 40.7 Å². The maximum absolute atomic E-state index is 12.1. The van der Waals surface area contributed by atoms with Gasteiger partial charge in [0.1, 0.15) is 0 Å². The Balaban J connectivity index is 2.01. The molecule has 2 heterocycles. The first kappa shape index (κ1) is 15.1. The number of nitrogens with one attached hydrogen (secondary N) is 2. The molecule has 0 spiro atoms. The van der Waals surface area contributed by atoms with E-state index in [2.05, 4.69) is 15.0 Å². The third-order valence-corrected chi connectivity index (χ3v) is 5.13. The Morgan fingerprint density at radius 2 is 2.15 bits per heavy atom. The zero-order chi connectivity index (χ0) is 14.4. The molecule has 0 aliphatic carbocycles. The molecule has 0 amide bonds. The molecule has 7 heteroatoms. The van der Waals surface area contributed by atoms with Gasteiger partial charge >= 0.3 is 0 Å². The van der Waals surface area contributed by atoms with Crippen LogP contribution in [0.4, 0.5) is 0 Å². The van der Waals surface area contributed by atoms with Gasteiger partial charge in [0.25, 0.3) is 0 Å². The molecular weight excluding hydrogens is 294 g/mol. The maximum Gasteiger partial charge on any atom is 0.241 e. The van der Waals surface area contributed by atoms with Crippen molar-refractivity contribution in [2.45, 2.75) is 24.9 Å². The number of rotatable bonds is 7. The summed E-state index contributed by atoms with van der Waals surface area (Å²) >= 11 is 1.44. The normalized spacial score (nSPS) is 11.7. The van der Waals surface area contributed by atoms with Crippen molar-refractivity contribution in [3.63, 3.8) is 0 Å². The lowest BCUT2D eigenvalue weighted by atomic mass is 10.4. The van der Waals surface area contributed by atoms with Crippen LogP contribution in [0.25, 0.3) is 0 Å². The van der Waals surface area contributed by atoms with Crippen LogP contribution in [-0.4, -0.2) is 19.9 Å². The molecule has 2 aromatic heterocycles. The average Bonchev–Trinajstić information content (AvgIpc) is 2.94. The third kappa shape index (κ3) is 4.11. The molecule has 0 unspecified atom stereocenters. The van der Waals surface area contributed by atoms with Crippen molar-refractivity contribution in [3.8, 4) is 0 Å². The number of thiophene rings is 1. The molecule has 0 radical (unpaired) electrons. The van der Waals surface area contributed by atoms with E-state index in [1.165, 1.54) is 11.3 Å². The molecule has 0 aliphatic heterocycles. The van der Waals surface area contributed by atoms with Crippen LogP contribution in [0.5, 0.6) is 0 Å². The number of pyridine rings is 1. The Morgan fingerprint density at radius 3 is 2.85 bits per heavy atom. The summed E-state index contributed by atoms with van der Waals surface area (Å²) in [4.78, 5) is 5.40. The van der Waals surface area contributed by atoms with Gasteiger partial charge in [-0.2, -0.15) is 0 Å². The topological polar surface area (TPSA) is 71.1 Å². The first-order valence-corrected chi connectivity index (χ1v) is 8.66. The predicted molar refractivity (Wildman–Crippen MR) is 80.0 cm³/mol. The number of nitrogens with zero attached hydrogens (tertiary/aromatic N) is 1. The summed E-state index contributed by atoms with van der Waals surface area (Å²) in [5.74, 6) is 0. The fourth-order valence-electron chi connectivity index (χ4n) is 1.60. The van der Waals surface area contributed by atoms with Gasteiger partial charge in [-0.3, -0.25) is 4.98 Å². The van der Waals surface area contributed by atoms with Crippen molar-refractivity contribution in [2.75, 3.05) is 6.54 Å². The predicted octanol–water partition coefficient (Wildman–Crippen LogP) is 1.73. The molecule has 0 saturated heterocycles. The molecule has 2 aromatic rings. The lowest BCUT2D eigenvalue weighted by Crippen LogP contribution is -2.23. The largest absolute Gasteiger partial charge is 0.312 e. The van der Waals surface area contributed by atoms with Gasteiger partial charge < -0.3 is 5.32 Å². The number of aromatic nitrogens is 1. The molecule has 2 N–H and O–H groups in total. The van der Waals surface area contributed by atoms with E-state index in [1.54, 1.807) is 29.8 Å². The first-order valence-electron chi connectivity index (χ1n) is 6.29. The molecule has 2 rings (SSSR count). The lowest BCUT2D eigenvalue weighted by molar-refractivity contribution is 0.580. The van der Waals surface area contributed by atoms with Gasteiger partial charge in [-0.25, -0.2) is 13.1 Å². The minimum absolute atomic E-state index is 0.196. The molecule has 0 aliphatic rings. The Hall–Kier alpha value is -1.28. The van der Waals surface area contributed by atoms with Crippen LogP contribution in [0.1, 0.15) is 17.5 Å². The summed E-state index contributed by atoms with van der Waals surface area (Å²) < 4.78 is 26.8. The highest BCUT2D eigenvalue weighted by molar-refractivity contribution is 7.89. The van der Waals surface area contributed by atoms with Crippen molar-refractivity contribution < 1.29 is 8.42 Å². The molecule has 108 valence electrons. The monoisotopic (exact) mass is 311 g/mol. The maximum atomic E-state index is 12.1. The molecule has 0 atom stereocenters. The Bertz CT molecular complexity index is 639. The van der Waals surface area contributed by atoms with Crippen molar-refractivity contribution in [2.24, 2.45) is 0 Å². The Labute approximate surface area is 123 Å². The highest BCUT2D eigenvalue weighted by Crippen LogP contribution is 2.19. The van der Waals surface area contributed by atoms with Crippen LogP contribution in [0.2, 0.25) is 0 Å². The summed E-state index contributed by atoms with van der Waals surface area (Å²) in [7, 11) is -3.47. The van der Waals surface area contributed by atoms with Crippen molar-refractivity contribution in [3.05, 3.63) is 46.4 Å². The second kappa shape index (κ2) is 6.94. The molecule has 0 aromatic carbocycles. The average molecular weight is 311 g/mol. The van der Waals surface area contributed by atoms with E-state index >= 15 is 0 Å². The van der Waals surface area contributed by atoms with Gasteiger partial charge in [-0.1, -0.05) is 13.0 Å². The molecular formula is C13H17N3O2S2. The van der Waals surface area contributed by atoms with Crippen LogP contribution < -0.4 is 10.0 Å².